The number of β-amino-alcohol motifs (C(OH)–C–C–N with tert-alkyl or cyclic N) is 1. The van der Waals surface area contributed by atoms with Crippen molar-refractivity contribution in [3.63, 3.8) is 0 Å². The number of amides is 1. The molecular formula is C20H30N2O3. The maximum atomic E-state index is 13.2. The molecule has 3 rings (SSSR count). The van der Waals surface area contributed by atoms with Gasteiger partial charge in [0.15, 0.2) is 0 Å². The normalized spacial score (nSPS) is 21.0. The smallest absolute Gasteiger partial charge is 0.233 e. The van der Waals surface area contributed by atoms with E-state index in [0.29, 0.717) is 6.54 Å². The maximum Gasteiger partial charge on any atom is 0.233 e. The number of nitrogens with zero attached hydrogens (tertiary/aromatic N) is 2. The van der Waals surface area contributed by atoms with E-state index >= 15 is 0 Å². The van der Waals surface area contributed by atoms with Gasteiger partial charge in [0.05, 0.1) is 18.6 Å². The number of ether oxygens (including phenoxy) is 1. The first-order valence-electron chi connectivity index (χ1n) is 9.35. The van der Waals surface area contributed by atoms with Crippen molar-refractivity contribution >= 4 is 5.91 Å². The molecule has 1 atom stereocenters. The van der Waals surface area contributed by atoms with Gasteiger partial charge in [-0.05, 0) is 43.4 Å². The molecule has 1 amide bonds. The molecule has 5 nitrogen and oxygen atoms in total. The Labute approximate surface area is 150 Å². The fourth-order valence-electron chi connectivity index (χ4n) is 3.73. The second kappa shape index (κ2) is 7.34. The van der Waals surface area contributed by atoms with Crippen molar-refractivity contribution in [3.8, 4) is 5.75 Å². The molecule has 1 heterocycles. The number of aliphatic hydroxyl groups excluding tert-OH is 1. The Kier molecular flexibility index (Phi) is 5.35. The molecule has 1 aliphatic heterocycles. The molecule has 0 bridgehead atoms. The zero-order valence-electron chi connectivity index (χ0n) is 15.6. The number of hydrogen-bond donors (Lipinski definition) is 1. The lowest BCUT2D eigenvalue weighted by molar-refractivity contribution is -0.135. The monoisotopic (exact) mass is 346 g/mol. The topological polar surface area (TPSA) is 53.0 Å². The minimum absolute atomic E-state index is 0.258. The zero-order chi connectivity index (χ0) is 18.0. The van der Waals surface area contributed by atoms with Crippen molar-refractivity contribution in [2.75, 3.05) is 39.8 Å². The van der Waals surface area contributed by atoms with E-state index in [1.54, 1.807) is 7.11 Å². The van der Waals surface area contributed by atoms with Crippen molar-refractivity contribution in [2.45, 2.75) is 44.6 Å². The van der Waals surface area contributed by atoms with Crippen LogP contribution in [0.3, 0.4) is 0 Å². The summed E-state index contributed by atoms with van der Waals surface area (Å²) in [7, 11) is 1.68. The average molecular weight is 346 g/mol. The third-order valence-electron chi connectivity index (χ3n) is 5.72. The van der Waals surface area contributed by atoms with Crippen LogP contribution in [0.5, 0.6) is 5.75 Å². The standard InChI is InChI=1S/C20H30N2O3/c1-4-17(23)14-21-9-11-22(12-10-21)19(24)20(7-8-20)16-6-5-15(2)18(13-16)25-3/h5-6,13,17,23H,4,7-12,14H2,1-3H3/t17-/m1/s1. The molecule has 1 aromatic rings. The van der Waals surface area contributed by atoms with Gasteiger partial charge in [0.2, 0.25) is 5.91 Å². The summed E-state index contributed by atoms with van der Waals surface area (Å²) in [5.41, 5.74) is 1.84. The predicted octanol–water partition coefficient (Wildman–Crippen LogP) is 1.95. The van der Waals surface area contributed by atoms with E-state index in [2.05, 4.69) is 11.0 Å². The number of carbonyl (C=O) groups is 1. The minimum atomic E-state index is -0.341. The van der Waals surface area contributed by atoms with Gasteiger partial charge in [0, 0.05) is 32.7 Å². The van der Waals surface area contributed by atoms with Gasteiger partial charge in [-0.25, -0.2) is 0 Å². The van der Waals surface area contributed by atoms with E-state index in [-0.39, 0.29) is 17.4 Å². The molecule has 1 aromatic carbocycles. The third-order valence-corrected chi connectivity index (χ3v) is 5.72. The molecule has 1 N–H and O–H groups in total. The number of aryl methyl sites for hydroxylation is 1. The maximum absolute atomic E-state index is 13.2. The Hall–Kier alpha value is -1.59. The minimum Gasteiger partial charge on any atom is -0.496 e. The van der Waals surface area contributed by atoms with Crippen LogP contribution in [0.15, 0.2) is 18.2 Å². The molecule has 5 heteroatoms. The summed E-state index contributed by atoms with van der Waals surface area (Å²) in [6, 6.07) is 6.16. The van der Waals surface area contributed by atoms with Gasteiger partial charge < -0.3 is 14.7 Å². The van der Waals surface area contributed by atoms with Gasteiger partial charge in [0.25, 0.3) is 0 Å². The van der Waals surface area contributed by atoms with Crippen LogP contribution in [0.4, 0.5) is 0 Å². The number of rotatable bonds is 6. The van der Waals surface area contributed by atoms with Crippen LogP contribution in [0.25, 0.3) is 0 Å². The van der Waals surface area contributed by atoms with E-state index in [1.165, 1.54) is 0 Å². The molecule has 0 unspecified atom stereocenters. The fraction of sp³-hybridized carbons (Fsp3) is 0.650. The van der Waals surface area contributed by atoms with Gasteiger partial charge in [-0.1, -0.05) is 19.1 Å². The lowest BCUT2D eigenvalue weighted by Gasteiger charge is -2.37. The average Bonchev–Trinajstić information content (AvgIpc) is 3.44. The quantitative estimate of drug-likeness (QED) is 0.855. The number of methoxy groups -OCH3 is 1. The van der Waals surface area contributed by atoms with Crippen LogP contribution in [0, 0.1) is 6.92 Å². The summed E-state index contributed by atoms with van der Waals surface area (Å²) < 4.78 is 5.44. The molecule has 1 saturated heterocycles. The molecule has 0 radical (unpaired) electrons. The molecular weight excluding hydrogens is 316 g/mol. The second-order valence-electron chi connectivity index (χ2n) is 7.42. The van der Waals surface area contributed by atoms with Crippen molar-refractivity contribution < 1.29 is 14.6 Å². The molecule has 1 aliphatic carbocycles. The van der Waals surface area contributed by atoms with Crippen LogP contribution in [-0.2, 0) is 10.2 Å². The highest BCUT2D eigenvalue weighted by molar-refractivity contribution is 5.91. The van der Waals surface area contributed by atoms with Gasteiger partial charge in [-0.2, -0.15) is 0 Å². The van der Waals surface area contributed by atoms with Gasteiger partial charge in [-0.3, -0.25) is 9.69 Å². The number of piperazine rings is 1. The lowest BCUT2D eigenvalue weighted by atomic mass is 9.92. The molecule has 0 spiro atoms. The Morgan fingerprint density at radius 1 is 1.28 bits per heavy atom. The highest BCUT2D eigenvalue weighted by Gasteiger charge is 2.53. The van der Waals surface area contributed by atoms with E-state index in [9.17, 15) is 9.90 Å². The SMILES string of the molecule is CC[C@@H](O)CN1CCN(C(=O)C2(c3ccc(C)c(OC)c3)CC2)CC1. The summed E-state index contributed by atoms with van der Waals surface area (Å²) >= 11 is 0. The number of hydrogen-bond acceptors (Lipinski definition) is 4. The highest BCUT2D eigenvalue weighted by Crippen LogP contribution is 2.50. The van der Waals surface area contributed by atoms with Crippen molar-refractivity contribution in [1.82, 2.24) is 9.80 Å². The fourth-order valence-corrected chi connectivity index (χ4v) is 3.73. The lowest BCUT2D eigenvalue weighted by Crippen LogP contribution is -2.52. The Morgan fingerprint density at radius 3 is 2.52 bits per heavy atom. The molecule has 138 valence electrons. The third kappa shape index (κ3) is 3.67. The Balaban J connectivity index is 1.65. The van der Waals surface area contributed by atoms with Crippen molar-refractivity contribution in [3.05, 3.63) is 29.3 Å². The predicted molar refractivity (Wildman–Crippen MR) is 98.0 cm³/mol. The molecule has 2 fully saturated rings. The highest BCUT2D eigenvalue weighted by atomic mass is 16.5. The van der Waals surface area contributed by atoms with E-state index < -0.39 is 0 Å². The van der Waals surface area contributed by atoms with Gasteiger partial charge in [-0.15, -0.1) is 0 Å². The molecule has 2 aliphatic rings. The number of aliphatic hydroxyl groups is 1. The molecule has 25 heavy (non-hydrogen) atoms. The summed E-state index contributed by atoms with van der Waals surface area (Å²) in [4.78, 5) is 17.4. The van der Waals surface area contributed by atoms with E-state index in [0.717, 1.165) is 62.3 Å². The van der Waals surface area contributed by atoms with Crippen molar-refractivity contribution in [1.29, 1.82) is 0 Å². The van der Waals surface area contributed by atoms with E-state index in [1.807, 2.05) is 30.9 Å². The summed E-state index contributed by atoms with van der Waals surface area (Å²) in [6.45, 7) is 7.91. The first-order chi connectivity index (χ1) is 12.0. The van der Waals surface area contributed by atoms with Crippen LogP contribution >= 0.6 is 0 Å². The van der Waals surface area contributed by atoms with Gasteiger partial charge >= 0.3 is 0 Å². The summed E-state index contributed by atoms with van der Waals surface area (Å²) in [5.74, 6) is 1.11. The van der Waals surface area contributed by atoms with Gasteiger partial charge in [0.1, 0.15) is 5.75 Å². The molecule has 1 saturated carbocycles. The first kappa shape index (κ1) is 18.2. The summed E-state index contributed by atoms with van der Waals surface area (Å²) in [6.07, 6.45) is 2.36. The molecule has 0 aromatic heterocycles. The van der Waals surface area contributed by atoms with Crippen LogP contribution in [0.1, 0.15) is 37.3 Å². The number of benzene rings is 1. The van der Waals surface area contributed by atoms with Crippen LogP contribution < -0.4 is 4.74 Å². The van der Waals surface area contributed by atoms with Crippen molar-refractivity contribution in [2.24, 2.45) is 0 Å². The summed E-state index contributed by atoms with van der Waals surface area (Å²) in [5, 5.41) is 9.81. The number of carbonyl (C=O) groups excluding carboxylic acids is 1. The zero-order valence-corrected chi connectivity index (χ0v) is 15.6. The van der Waals surface area contributed by atoms with Crippen LogP contribution in [0.2, 0.25) is 0 Å². The Morgan fingerprint density at radius 2 is 1.96 bits per heavy atom. The van der Waals surface area contributed by atoms with Crippen LogP contribution in [-0.4, -0.2) is 66.8 Å². The second-order valence-corrected chi connectivity index (χ2v) is 7.42. The largest absolute Gasteiger partial charge is 0.496 e. The first-order valence-corrected chi connectivity index (χ1v) is 9.35. The van der Waals surface area contributed by atoms with E-state index in [4.69, 9.17) is 4.74 Å². The Bertz CT molecular complexity index is 619.